The summed E-state index contributed by atoms with van der Waals surface area (Å²) in [6.45, 7) is 12.4. The van der Waals surface area contributed by atoms with Crippen molar-refractivity contribution in [3.05, 3.63) is 11.6 Å². The fraction of sp³-hybridized carbons (Fsp3) is 0.897. The molecule has 1 amide bonds. The number of aliphatic hydroxyl groups excluding tert-OH is 1. The zero-order valence-electron chi connectivity index (χ0n) is 21.5. The Morgan fingerprint density at radius 3 is 2.67 bits per heavy atom. The second-order valence-corrected chi connectivity index (χ2v) is 13.5. The molecule has 0 aromatic heterocycles. The average molecular weight is 456 g/mol. The molecule has 4 heteroatoms. The van der Waals surface area contributed by atoms with Crippen LogP contribution in [0.3, 0.4) is 0 Å². The molecule has 184 valence electrons. The molecule has 33 heavy (non-hydrogen) atoms. The Labute approximate surface area is 200 Å². The molecule has 0 aromatic rings. The van der Waals surface area contributed by atoms with E-state index in [1.165, 1.54) is 25.7 Å². The first-order valence-electron chi connectivity index (χ1n) is 13.9. The molecule has 5 fully saturated rings. The molecule has 1 N–H and O–H groups in total. The number of nitrogens with zero attached hydrogens (tertiary/aromatic N) is 1. The molecule has 6 aliphatic rings. The Hall–Kier alpha value is -0.870. The maximum Gasteiger partial charge on any atom is 0.221 e. The van der Waals surface area contributed by atoms with E-state index in [2.05, 4.69) is 38.7 Å². The standard InChI is InChI=1S/C29H45NO3/c1-17-8-13-29(30(16-17)19(3)31)18(2)26-25(33-29)15-24-22-7-6-20-14-21(32)9-11-27(20,4)23(22)10-12-28(24,26)5/h6,17-18,21-26,32H,7-16H2,1-5H3/t17-,18+,21+,22-,23+,24-,25+,26+,27+,28+,29-/m1/s1. The summed E-state index contributed by atoms with van der Waals surface area (Å²) in [5.41, 5.74) is 1.79. The SMILES string of the molecule is CC(=O)N1C[C@H](C)CC[C@]12O[C@H]1C[C@@H]3[C@@H]4CC=C5C[C@@H](O)CC[C@]5(C)[C@H]4CC[C@]3(C)[C@H]1[C@@H]2C. The molecule has 0 aromatic carbocycles. The zero-order chi connectivity index (χ0) is 23.3. The number of aliphatic hydroxyl groups is 1. The summed E-state index contributed by atoms with van der Waals surface area (Å²) in [7, 11) is 0. The summed E-state index contributed by atoms with van der Waals surface area (Å²) in [5.74, 6) is 3.95. The highest BCUT2D eigenvalue weighted by molar-refractivity contribution is 5.74. The van der Waals surface area contributed by atoms with Gasteiger partial charge in [0, 0.05) is 19.4 Å². The van der Waals surface area contributed by atoms with Gasteiger partial charge < -0.3 is 14.7 Å². The highest BCUT2D eigenvalue weighted by atomic mass is 16.5. The number of amides is 1. The number of carbonyl (C=O) groups excluding carboxylic acids is 1. The topological polar surface area (TPSA) is 49.8 Å². The normalized spacial score (nSPS) is 55.5. The van der Waals surface area contributed by atoms with E-state index in [1.54, 1.807) is 12.5 Å². The Balaban J connectivity index is 1.30. The first-order valence-corrected chi connectivity index (χ1v) is 13.9. The molecular formula is C29H45NO3. The van der Waals surface area contributed by atoms with Crippen LogP contribution in [0.2, 0.25) is 0 Å². The van der Waals surface area contributed by atoms with Crippen molar-refractivity contribution in [2.45, 2.75) is 110 Å². The van der Waals surface area contributed by atoms with Gasteiger partial charge in [0.25, 0.3) is 0 Å². The van der Waals surface area contributed by atoms with E-state index < -0.39 is 0 Å². The zero-order valence-corrected chi connectivity index (χ0v) is 21.5. The average Bonchev–Trinajstić information content (AvgIpc) is 3.21. The maximum absolute atomic E-state index is 12.7. The van der Waals surface area contributed by atoms with Gasteiger partial charge in [0.15, 0.2) is 0 Å². The fourth-order valence-electron chi connectivity index (χ4n) is 10.5. The van der Waals surface area contributed by atoms with Crippen LogP contribution in [0.1, 0.15) is 92.4 Å². The van der Waals surface area contributed by atoms with Gasteiger partial charge in [-0.25, -0.2) is 0 Å². The first-order chi connectivity index (χ1) is 15.6. The number of ether oxygens (including phenoxy) is 1. The van der Waals surface area contributed by atoms with Gasteiger partial charge in [0.05, 0.1) is 12.2 Å². The quantitative estimate of drug-likeness (QED) is 0.488. The molecule has 0 radical (unpaired) electrons. The fourth-order valence-corrected chi connectivity index (χ4v) is 10.5. The smallest absolute Gasteiger partial charge is 0.221 e. The summed E-state index contributed by atoms with van der Waals surface area (Å²) in [6, 6.07) is 0. The minimum absolute atomic E-state index is 0.131. The Morgan fingerprint density at radius 1 is 1.12 bits per heavy atom. The van der Waals surface area contributed by atoms with Crippen molar-refractivity contribution in [2.24, 2.45) is 46.3 Å². The highest BCUT2D eigenvalue weighted by Gasteiger charge is 2.69. The summed E-state index contributed by atoms with van der Waals surface area (Å²) in [4.78, 5) is 14.9. The van der Waals surface area contributed by atoms with Crippen molar-refractivity contribution in [3.8, 4) is 0 Å². The molecule has 2 heterocycles. The molecule has 3 saturated carbocycles. The third-order valence-corrected chi connectivity index (χ3v) is 12.1. The molecule has 4 nitrogen and oxygen atoms in total. The predicted molar refractivity (Wildman–Crippen MR) is 129 cm³/mol. The van der Waals surface area contributed by atoms with Crippen LogP contribution in [0.15, 0.2) is 11.6 Å². The molecule has 2 aliphatic heterocycles. The van der Waals surface area contributed by atoms with E-state index in [9.17, 15) is 9.90 Å². The van der Waals surface area contributed by atoms with Crippen molar-refractivity contribution >= 4 is 5.91 Å². The van der Waals surface area contributed by atoms with Crippen molar-refractivity contribution in [1.29, 1.82) is 0 Å². The van der Waals surface area contributed by atoms with Gasteiger partial charge in [-0.2, -0.15) is 0 Å². The molecular weight excluding hydrogens is 410 g/mol. The lowest BCUT2D eigenvalue weighted by Crippen LogP contribution is -2.60. The number of fused-ring (bicyclic) bond motifs is 7. The summed E-state index contributed by atoms with van der Waals surface area (Å²) in [6.07, 6.45) is 12.9. The lowest BCUT2D eigenvalue weighted by atomic mass is 9.47. The number of carbonyl (C=O) groups is 1. The predicted octanol–water partition coefficient (Wildman–Crippen LogP) is 5.55. The van der Waals surface area contributed by atoms with Crippen molar-refractivity contribution in [2.75, 3.05) is 6.54 Å². The van der Waals surface area contributed by atoms with Crippen LogP contribution in [-0.4, -0.2) is 40.4 Å². The second-order valence-electron chi connectivity index (χ2n) is 13.5. The van der Waals surface area contributed by atoms with E-state index in [-0.39, 0.29) is 17.7 Å². The number of likely N-dealkylation sites (tertiary alicyclic amines) is 1. The van der Waals surface area contributed by atoms with Crippen LogP contribution in [0.4, 0.5) is 0 Å². The van der Waals surface area contributed by atoms with E-state index >= 15 is 0 Å². The number of hydrogen-bond donors (Lipinski definition) is 1. The lowest BCUT2D eigenvalue weighted by Gasteiger charge is -2.59. The van der Waals surface area contributed by atoms with Gasteiger partial charge in [-0.1, -0.05) is 39.3 Å². The number of hydrogen-bond acceptors (Lipinski definition) is 3. The third-order valence-electron chi connectivity index (χ3n) is 12.1. The van der Waals surface area contributed by atoms with Crippen LogP contribution < -0.4 is 0 Å². The van der Waals surface area contributed by atoms with Gasteiger partial charge in [-0.05, 0) is 98.2 Å². The van der Waals surface area contributed by atoms with E-state index in [0.717, 1.165) is 56.4 Å². The summed E-state index contributed by atoms with van der Waals surface area (Å²) >= 11 is 0. The third kappa shape index (κ3) is 2.92. The van der Waals surface area contributed by atoms with E-state index in [0.29, 0.717) is 34.7 Å². The monoisotopic (exact) mass is 455 g/mol. The molecule has 6 rings (SSSR count). The van der Waals surface area contributed by atoms with Gasteiger partial charge in [0.1, 0.15) is 5.72 Å². The molecule has 11 atom stereocenters. The van der Waals surface area contributed by atoms with Gasteiger partial charge in [-0.3, -0.25) is 4.79 Å². The van der Waals surface area contributed by atoms with Crippen LogP contribution in [-0.2, 0) is 9.53 Å². The van der Waals surface area contributed by atoms with Crippen molar-refractivity contribution < 1.29 is 14.6 Å². The van der Waals surface area contributed by atoms with Crippen LogP contribution in [0.25, 0.3) is 0 Å². The second kappa shape index (κ2) is 7.32. The maximum atomic E-state index is 12.7. The minimum Gasteiger partial charge on any atom is -0.393 e. The Bertz CT molecular complexity index is 869. The summed E-state index contributed by atoms with van der Waals surface area (Å²) in [5, 5.41) is 10.3. The first kappa shape index (κ1) is 22.6. The van der Waals surface area contributed by atoms with E-state index in [4.69, 9.17) is 4.74 Å². The molecule has 1 spiro atoms. The molecule has 0 unspecified atom stereocenters. The Morgan fingerprint density at radius 2 is 1.91 bits per heavy atom. The largest absolute Gasteiger partial charge is 0.393 e. The van der Waals surface area contributed by atoms with Crippen LogP contribution in [0.5, 0.6) is 0 Å². The number of piperidine rings is 1. The molecule has 2 saturated heterocycles. The van der Waals surface area contributed by atoms with E-state index in [1.807, 2.05) is 0 Å². The van der Waals surface area contributed by atoms with Crippen molar-refractivity contribution in [1.82, 2.24) is 4.90 Å². The molecule has 0 bridgehead atoms. The molecule has 4 aliphatic carbocycles. The van der Waals surface area contributed by atoms with Gasteiger partial charge >= 0.3 is 0 Å². The van der Waals surface area contributed by atoms with Crippen LogP contribution in [0, 0.1) is 46.3 Å². The highest BCUT2D eigenvalue weighted by Crippen LogP contribution is 2.70. The minimum atomic E-state index is -0.371. The number of allylic oxidation sites excluding steroid dienone is 1. The Kier molecular flexibility index (Phi) is 5.01. The van der Waals surface area contributed by atoms with Crippen molar-refractivity contribution in [3.63, 3.8) is 0 Å². The number of rotatable bonds is 0. The van der Waals surface area contributed by atoms with Gasteiger partial charge in [-0.15, -0.1) is 0 Å². The van der Waals surface area contributed by atoms with Crippen LogP contribution >= 0.6 is 0 Å². The lowest BCUT2D eigenvalue weighted by molar-refractivity contribution is -0.200. The summed E-state index contributed by atoms with van der Waals surface area (Å²) < 4.78 is 7.09. The van der Waals surface area contributed by atoms with Gasteiger partial charge in [0.2, 0.25) is 5.91 Å².